The Balaban J connectivity index is 2.69. The van der Waals surface area contributed by atoms with Crippen molar-refractivity contribution in [1.82, 2.24) is 0 Å². The topological polar surface area (TPSA) is 78.7 Å². The second-order valence-electron chi connectivity index (χ2n) is 7.59. The van der Waals surface area contributed by atoms with Gasteiger partial charge in [-0.3, -0.25) is 10.1 Å². The van der Waals surface area contributed by atoms with Crippen LogP contribution in [0.5, 0.6) is 11.5 Å². The van der Waals surface area contributed by atoms with Gasteiger partial charge in [-0.2, -0.15) is 0 Å². The molecule has 23 heavy (non-hydrogen) atoms. The van der Waals surface area contributed by atoms with Crippen LogP contribution in [0.4, 0.5) is 0 Å². The van der Waals surface area contributed by atoms with Crippen molar-refractivity contribution in [3.8, 4) is 11.5 Å². The van der Waals surface area contributed by atoms with Crippen LogP contribution in [-0.4, -0.2) is 29.6 Å². The number of methoxy groups -OCH3 is 1. The lowest BCUT2D eigenvalue weighted by Crippen LogP contribution is -2.42. The molecule has 0 N–H and O–H groups in total. The van der Waals surface area contributed by atoms with Crippen LogP contribution in [0.15, 0.2) is 18.2 Å². The van der Waals surface area contributed by atoms with Gasteiger partial charge in [0.15, 0.2) is 13.0 Å². The van der Waals surface area contributed by atoms with Gasteiger partial charge in [-0.25, -0.2) is 0 Å². The summed E-state index contributed by atoms with van der Waals surface area (Å²) in [6.45, 7) is 8.80. The van der Waals surface area contributed by atoms with E-state index in [9.17, 15) is 14.7 Å². The molecule has 0 saturated carbocycles. The summed E-state index contributed by atoms with van der Waals surface area (Å²) >= 11 is 0. The Labute approximate surface area is 136 Å². The lowest BCUT2D eigenvalue weighted by Gasteiger charge is -2.38. The molecule has 1 unspecified atom stereocenters. The minimum Gasteiger partial charge on any atom is -0.496 e. The molecule has 7 heteroatoms. The highest BCUT2D eigenvalue weighted by Gasteiger charge is 2.60. The van der Waals surface area contributed by atoms with Crippen LogP contribution >= 0.6 is 7.14 Å². The smallest absolute Gasteiger partial charge is 0.212 e. The number of ether oxygens (including phenoxy) is 2. The predicted molar refractivity (Wildman–Crippen MR) is 90.0 cm³/mol. The predicted octanol–water partition coefficient (Wildman–Crippen LogP) is 3.50. The Kier molecular flexibility index (Phi) is 4.27. The highest BCUT2D eigenvalue weighted by molar-refractivity contribution is 7.74. The largest absolute Gasteiger partial charge is 0.496 e. The zero-order valence-electron chi connectivity index (χ0n) is 14.5. The minimum absolute atomic E-state index is 0.311. The quantitative estimate of drug-likeness (QED) is 0.476. The molecule has 2 rings (SSSR count). The third-order valence-corrected chi connectivity index (χ3v) is 8.85. The van der Waals surface area contributed by atoms with Crippen LogP contribution < -0.4 is 14.8 Å². The molecule has 0 aromatic heterocycles. The molecule has 0 fully saturated rings. The van der Waals surface area contributed by atoms with E-state index in [1.807, 2.05) is 20.8 Å². The van der Waals surface area contributed by atoms with Crippen molar-refractivity contribution in [2.24, 2.45) is 5.41 Å². The Morgan fingerprint density at radius 2 is 1.91 bits per heavy atom. The van der Waals surface area contributed by atoms with E-state index < -0.39 is 23.6 Å². The van der Waals surface area contributed by atoms with Gasteiger partial charge < -0.3 is 14.0 Å². The third-order valence-electron chi connectivity index (χ3n) is 4.28. The number of nitrogens with zero attached hydrogens (tertiary/aromatic N) is 1. The zero-order valence-corrected chi connectivity index (χ0v) is 15.3. The van der Waals surface area contributed by atoms with E-state index >= 15 is 0 Å². The van der Waals surface area contributed by atoms with Crippen molar-refractivity contribution < 1.29 is 19.0 Å². The van der Waals surface area contributed by atoms with Crippen molar-refractivity contribution in [3.63, 3.8) is 0 Å². The molecule has 1 heterocycles. The first-order valence-corrected chi connectivity index (χ1v) is 9.28. The molecule has 1 aromatic carbocycles. The van der Waals surface area contributed by atoms with Crippen molar-refractivity contribution in [2.75, 3.05) is 13.7 Å². The van der Waals surface area contributed by atoms with E-state index in [2.05, 4.69) is 0 Å². The van der Waals surface area contributed by atoms with Crippen LogP contribution in [0.3, 0.4) is 0 Å². The monoisotopic (exact) mass is 341 g/mol. The number of hydrogen-bond donors (Lipinski definition) is 0. The molecule has 1 aliphatic rings. The van der Waals surface area contributed by atoms with Gasteiger partial charge in [-0.05, 0) is 26.0 Å². The molecule has 128 valence electrons. The van der Waals surface area contributed by atoms with E-state index in [0.717, 1.165) is 0 Å². The minimum atomic E-state index is -3.14. The van der Waals surface area contributed by atoms with Gasteiger partial charge in [-0.15, -0.1) is 0 Å². The van der Waals surface area contributed by atoms with Crippen LogP contribution in [0.25, 0.3) is 0 Å². The number of benzene rings is 1. The van der Waals surface area contributed by atoms with E-state index in [4.69, 9.17) is 9.47 Å². The molecule has 0 aliphatic carbocycles. The average molecular weight is 341 g/mol. The number of rotatable bonds is 4. The number of fused-ring (bicyclic) bond motifs is 1. The van der Waals surface area contributed by atoms with Crippen molar-refractivity contribution in [3.05, 3.63) is 28.3 Å². The number of hydrogen-bond acceptors (Lipinski definition) is 5. The van der Waals surface area contributed by atoms with E-state index in [1.54, 1.807) is 32.0 Å². The molecule has 0 radical (unpaired) electrons. The summed E-state index contributed by atoms with van der Waals surface area (Å²) in [7, 11) is -1.61. The lowest BCUT2D eigenvalue weighted by atomic mass is 9.94. The van der Waals surface area contributed by atoms with Crippen LogP contribution in [0, 0.1) is 15.5 Å². The second kappa shape index (κ2) is 5.52. The SMILES string of the molecule is COc1cccc2c1P(=O)(C(C)(C)C)[C@@H](C(C)(C)C[N+](=O)[O-])O2. The zero-order chi connectivity index (χ0) is 17.6. The van der Waals surface area contributed by atoms with E-state index in [1.165, 1.54) is 7.11 Å². The molecule has 0 amide bonds. The maximum Gasteiger partial charge on any atom is 0.212 e. The normalized spacial score (nSPS) is 24.0. The summed E-state index contributed by atoms with van der Waals surface area (Å²) in [6.07, 6.45) is 0. The fourth-order valence-electron chi connectivity index (χ4n) is 3.15. The molecule has 0 saturated heterocycles. The molecule has 2 atom stereocenters. The van der Waals surface area contributed by atoms with Crippen molar-refractivity contribution >= 4 is 12.4 Å². The fourth-order valence-corrected chi connectivity index (χ4v) is 7.04. The van der Waals surface area contributed by atoms with Gasteiger partial charge in [0.1, 0.15) is 11.5 Å². The van der Waals surface area contributed by atoms with Gasteiger partial charge in [0.25, 0.3) is 0 Å². The summed E-state index contributed by atoms with van der Waals surface area (Å²) in [4.78, 5) is 10.7. The van der Waals surface area contributed by atoms with Crippen molar-refractivity contribution in [1.29, 1.82) is 0 Å². The van der Waals surface area contributed by atoms with E-state index in [0.29, 0.717) is 16.8 Å². The lowest BCUT2D eigenvalue weighted by molar-refractivity contribution is -0.497. The Hall–Kier alpha value is -1.55. The molecule has 6 nitrogen and oxygen atoms in total. The molecule has 1 aliphatic heterocycles. The Morgan fingerprint density at radius 3 is 2.39 bits per heavy atom. The van der Waals surface area contributed by atoms with Gasteiger partial charge in [0, 0.05) is 10.1 Å². The molecule has 1 aromatic rings. The van der Waals surface area contributed by atoms with Gasteiger partial charge in [-0.1, -0.05) is 26.8 Å². The summed E-state index contributed by atoms with van der Waals surface area (Å²) in [6, 6.07) is 5.27. The first-order valence-electron chi connectivity index (χ1n) is 7.51. The van der Waals surface area contributed by atoms with Gasteiger partial charge in [0.2, 0.25) is 6.54 Å². The maximum absolute atomic E-state index is 14.2. The van der Waals surface area contributed by atoms with Gasteiger partial charge >= 0.3 is 0 Å². The Bertz CT molecular complexity index is 678. The van der Waals surface area contributed by atoms with Gasteiger partial charge in [0.05, 0.1) is 17.8 Å². The maximum atomic E-state index is 14.2. The fraction of sp³-hybridized carbons (Fsp3) is 0.625. The average Bonchev–Trinajstić information content (AvgIpc) is 2.72. The van der Waals surface area contributed by atoms with Crippen LogP contribution in [-0.2, 0) is 4.57 Å². The first-order chi connectivity index (χ1) is 10.4. The summed E-state index contributed by atoms with van der Waals surface area (Å²) in [5.41, 5.74) is -0.879. The van der Waals surface area contributed by atoms with Crippen LogP contribution in [0.1, 0.15) is 34.6 Å². The summed E-state index contributed by atoms with van der Waals surface area (Å²) < 4.78 is 25.6. The summed E-state index contributed by atoms with van der Waals surface area (Å²) in [5, 5.41) is 11.0. The molecule has 0 bridgehead atoms. The standard InChI is InChI=1S/C16H24NO5P/c1-15(2,3)23(20)13-11(21-6)8-7-9-12(13)22-14(23)16(4,5)10-17(18)19/h7-9,14H,10H2,1-6H3/t14-,23?/m0/s1. The van der Waals surface area contributed by atoms with Crippen LogP contribution in [0.2, 0.25) is 0 Å². The van der Waals surface area contributed by atoms with E-state index in [-0.39, 0.29) is 11.5 Å². The number of nitro groups is 1. The third kappa shape index (κ3) is 2.74. The second-order valence-corrected chi connectivity index (χ2v) is 11.2. The molecular weight excluding hydrogens is 317 g/mol. The Morgan fingerprint density at radius 1 is 1.30 bits per heavy atom. The highest BCUT2D eigenvalue weighted by Crippen LogP contribution is 2.70. The highest BCUT2D eigenvalue weighted by atomic mass is 31.2. The van der Waals surface area contributed by atoms with Crippen molar-refractivity contribution in [2.45, 2.75) is 45.6 Å². The molecule has 0 spiro atoms. The molecular formula is C16H24NO5P. The first kappa shape index (κ1) is 17.8. The summed E-state index contributed by atoms with van der Waals surface area (Å²) in [5.74, 6) is 0.260.